The molecule has 0 saturated heterocycles. The van der Waals surface area contributed by atoms with Crippen LogP contribution in [0, 0.1) is 20.8 Å². The Kier molecular flexibility index (Phi) is 6.77. The van der Waals surface area contributed by atoms with Crippen molar-refractivity contribution in [3.8, 4) is 0 Å². The third-order valence-electron chi connectivity index (χ3n) is 4.80. The second kappa shape index (κ2) is 9.32. The maximum absolute atomic E-state index is 13.0. The van der Waals surface area contributed by atoms with E-state index in [4.69, 9.17) is 16.3 Å². The van der Waals surface area contributed by atoms with Crippen molar-refractivity contribution in [3.63, 3.8) is 0 Å². The topological polar surface area (TPSA) is 84.5 Å². The van der Waals surface area contributed by atoms with Crippen molar-refractivity contribution < 1.29 is 19.1 Å². The molecule has 3 aromatic rings. The van der Waals surface area contributed by atoms with Gasteiger partial charge in [0.1, 0.15) is 5.00 Å². The van der Waals surface area contributed by atoms with Gasteiger partial charge in [-0.25, -0.2) is 4.79 Å². The Balaban J connectivity index is 1.95. The van der Waals surface area contributed by atoms with Crippen molar-refractivity contribution in [3.05, 3.63) is 80.2 Å². The Hall–Kier alpha value is -3.16. The summed E-state index contributed by atoms with van der Waals surface area (Å²) in [5.74, 6) is -1.43. The fourth-order valence-electron chi connectivity index (χ4n) is 2.97. The van der Waals surface area contributed by atoms with Crippen LogP contribution in [0.2, 0.25) is 5.02 Å². The summed E-state index contributed by atoms with van der Waals surface area (Å²) in [5, 5.41) is 6.34. The Morgan fingerprint density at radius 3 is 2.23 bits per heavy atom. The number of ether oxygens (including phenoxy) is 1. The van der Waals surface area contributed by atoms with Gasteiger partial charge in [0, 0.05) is 16.3 Å². The van der Waals surface area contributed by atoms with E-state index in [0.717, 1.165) is 22.5 Å². The van der Waals surface area contributed by atoms with E-state index in [2.05, 4.69) is 10.6 Å². The summed E-state index contributed by atoms with van der Waals surface area (Å²) in [5.41, 5.74) is 3.33. The fraction of sp³-hybridized carbons (Fsp3) is 0.174. The highest BCUT2D eigenvalue weighted by Gasteiger charge is 2.27. The van der Waals surface area contributed by atoms with Crippen LogP contribution >= 0.6 is 22.9 Å². The first-order valence-corrected chi connectivity index (χ1v) is 10.6. The molecule has 0 saturated carbocycles. The van der Waals surface area contributed by atoms with Crippen molar-refractivity contribution >= 4 is 51.4 Å². The van der Waals surface area contributed by atoms with E-state index in [1.165, 1.54) is 7.11 Å². The van der Waals surface area contributed by atoms with Crippen molar-refractivity contribution in [1.82, 2.24) is 0 Å². The lowest BCUT2D eigenvalue weighted by atomic mass is 10.1. The number of esters is 1. The summed E-state index contributed by atoms with van der Waals surface area (Å²) in [4.78, 5) is 38.3. The van der Waals surface area contributed by atoms with E-state index in [1.807, 2.05) is 19.1 Å². The minimum absolute atomic E-state index is 0.154. The van der Waals surface area contributed by atoms with Crippen molar-refractivity contribution in [2.45, 2.75) is 20.8 Å². The van der Waals surface area contributed by atoms with Crippen LogP contribution in [0.5, 0.6) is 0 Å². The van der Waals surface area contributed by atoms with Crippen molar-refractivity contribution in [2.75, 3.05) is 17.7 Å². The lowest BCUT2D eigenvalue weighted by Crippen LogP contribution is -2.14. The minimum atomic E-state index is -0.633. The molecule has 0 radical (unpaired) electrons. The largest absolute Gasteiger partial charge is 0.465 e. The molecule has 31 heavy (non-hydrogen) atoms. The SMILES string of the molecule is COC(=O)c1c(NC(=O)c2ccc(C)cc2)sc(C(=O)Nc2cccc(Cl)c2C)c1C. The van der Waals surface area contributed by atoms with Crippen molar-refractivity contribution in [2.24, 2.45) is 0 Å². The maximum atomic E-state index is 13.0. The second-order valence-corrected chi connectivity index (χ2v) is 8.37. The molecule has 2 amide bonds. The van der Waals surface area contributed by atoms with Crippen LogP contribution in [0.1, 0.15) is 47.1 Å². The molecule has 1 heterocycles. The van der Waals surface area contributed by atoms with E-state index in [0.29, 0.717) is 26.7 Å². The third kappa shape index (κ3) is 4.78. The Labute approximate surface area is 189 Å². The molecule has 1 aromatic heterocycles. The molecule has 8 heteroatoms. The van der Waals surface area contributed by atoms with Gasteiger partial charge in [0.25, 0.3) is 11.8 Å². The van der Waals surface area contributed by atoms with E-state index in [-0.39, 0.29) is 16.5 Å². The molecule has 6 nitrogen and oxygen atoms in total. The number of rotatable bonds is 5. The zero-order chi connectivity index (χ0) is 22.7. The van der Waals surface area contributed by atoms with Gasteiger partial charge >= 0.3 is 5.97 Å². The van der Waals surface area contributed by atoms with Gasteiger partial charge in [-0.1, -0.05) is 35.4 Å². The number of methoxy groups -OCH3 is 1. The lowest BCUT2D eigenvalue weighted by Gasteiger charge is -2.09. The van der Waals surface area contributed by atoms with Crippen LogP contribution < -0.4 is 10.6 Å². The summed E-state index contributed by atoms with van der Waals surface area (Å²) in [6, 6.07) is 12.2. The summed E-state index contributed by atoms with van der Waals surface area (Å²) in [6.07, 6.45) is 0. The smallest absolute Gasteiger partial charge is 0.341 e. The van der Waals surface area contributed by atoms with Crippen LogP contribution in [-0.4, -0.2) is 24.9 Å². The number of halogens is 1. The number of hydrogen-bond acceptors (Lipinski definition) is 5. The van der Waals surface area contributed by atoms with Crippen LogP contribution in [0.3, 0.4) is 0 Å². The first-order chi connectivity index (χ1) is 14.7. The van der Waals surface area contributed by atoms with E-state index in [1.54, 1.807) is 44.2 Å². The maximum Gasteiger partial charge on any atom is 0.341 e. The Morgan fingerprint density at radius 1 is 0.903 bits per heavy atom. The molecule has 0 aliphatic heterocycles. The fourth-order valence-corrected chi connectivity index (χ4v) is 4.23. The summed E-state index contributed by atoms with van der Waals surface area (Å²) in [6.45, 7) is 5.36. The molecule has 0 aliphatic rings. The minimum Gasteiger partial charge on any atom is -0.465 e. The quantitative estimate of drug-likeness (QED) is 0.488. The number of carbonyl (C=O) groups excluding carboxylic acids is 3. The lowest BCUT2D eigenvalue weighted by molar-refractivity contribution is 0.0601. The first-order valence-electron chi connectivity index (χ1n) is 9.39. The molecule has 0 atom stereocenters. The predicted molar refractivity (Wildman–Crippen MR) is 124 cm³/mol. The van der Waals surface area contributed by atoms with Gasteiger partial charge in [-0.2, -0.15) is 0 Å². The number of thiophene rings is 1. The van der Waals surface area contributed by atoms with Gasteiger partial charge in [-0.05, 0) is 56.2 Å². The molecule has 0 fully saturated rings. The summed E-state index contributed by atoms with van der Waals surface area (Å²) >= 11 is 7.15. The summed E-state index contributed by atoms with van der Waals surface area (Å²) < 4.78 is 4.87. The van der Waals surface area contributed by atoms with Gasteiger partial charge in [0.2, 0.25) is 0 Å². The standard InChI is InChI=1S/C23H21ClN2O4S/c1-12-8-10-15(11-9-12)20(27)26-22-18(23(29)30-4)14(3)19(31-22)21(28)25-17-7-5-6-16(24)13(17)2/h5-11H,1-4H3,(H,25,28)(H,26,27). The normalized spacial score (nSPS) is 10.5. The molecule has 2 N–H and O–H groups in total. The Bertz CT molecular complexity index is 1170. The average Bonchev–Trinajstić information content (AvgIpc) is 3.07. The van der Waals surface area contributed by atoms with Crippen LogP contribution in [-0.2, 0) is 4.74 Å². The molecule has 160 valence electrons. The predicted octanol–water partition coefficient (Wildman–Crippen LogP) is 5.62. The molecule has 0 unspecified atom stereocenters. The van der Waals surface area contributed by atoms with E-state index >= 15 is 0 Å². The highest BCUT2D eigenvalue weighted by molar-refractivity contribution is 7.19. The van der Waals surface area contributed by atoms with Gasteiger partial charge in [-0.3, -0.25) is 9.59 Å². The van der Waals surface area contributed by atoms with Gasteiger partial charge < -0.3 is 15.4 Å². The number of aryl methyl sites for hydroxylation is 1. The molecule has 2 aromatic carbocycles. The van der Waals surface area contributed by atoms with Crippen LogP contribution in [0.15, 0.2) is 42.5 Å². The molecule has 3 rings (SSSR count). The van der Waals surface area contributed by atoms with Crippen LogP contribution in [0.4, 0.5) is 10.7 Å². The zero-order valence-corrected chi connectivity index (χ0v) is 19.0. The summed E-state index contributed by atoms with van der Waals surface area (Å²) in [7, 11) is 1.25. The van der Waals surface area contributed by atoms with Crippen LogP contribution in [0.25, 0.3) is 0 Å². The number of carbonyl (C=O) groups is 3. The van der Waals surface area contributed by atoms with E-state index < -0.39 is 11.9 Å². The van der Waals surface area contributed by atoms with Gasteiger partial charge in [-0.15, -0.1) is 11.3 Å². The van der Waals surface area contributed by atoms with Crippen molar-refractivity contribution in [1.29, 1.82) is 0 Å². The number of hydrogen-bond donors (Lipinski definition) is 2. The molecule has 0 spiro atoms. The number of nitrogens with one attached hydrogen (secondary N) is 2. The highest BCUT2D eigenvalue weighted by atomic mass is 35.5. The third-order valence-corrected chi connectivity index (χ3v) is 6.41. The molecule has 0 aliphatic carbocycles. The highest BCUT2D eigenvalue weighted by Crippen LogP contribution is 2.35. The molecule has 0 bridgehead atoms. The average molecular weight is 457 g/mol. The van der Waals surface area contributed by atoms with Gasteiger partial charge in [0.05, 0.1) is 17.6 Å². The number of benzene rings is 2. The zero-order valence-electron chi connectivity index (χ0n) is 17.5. The monoisotopic (exact) mass is 456 g/mol. The Morgan fingerprint density at radius 2 is 1.58 bits per heavy atom. The number of amides is 2. The molecular formula is C23H21ClN2O4S. The van der Waals surface area contributed by atoms with Gasteiger partial charge in [0.15, 0.2) is 0 Å². The number of anilines is 2. The first kappa shape index (κ1) is 22.5. The molecular weight excluding hydrogens is 436 g/mol. The second-order valence-electron chi connectivity index (χ2n) is 6.94. The van der Waals surface area contributed by atoms with E-state index in [9.17, 15) is 14.4 Å².